The molecule has 1 N–H and O–H groups in total. The van der Waals surface area contributed by atoms with E-state index in [0.717, 1.165) is 22.3 Å². The van der Waals surface area contributed by atoms with Gasteiger partial charge >= 0.3 is 5.97 Å². The number of rotatable bonds is 3. The van der Waals surface area contributed by atoms with Crippen LogP contribution >= 0.6 is 0 Å². The Bertz CT molecular complexity index is 824. The Morgan fingerprint density at radius 3 is 1.70 bits per heavy atom. The van der Waals surface area contributed by atoms with Gasteiger partial charge in [0.15, 0.2) is 0 Å². The van der Waals surface area contributed by atoms with Gasteiger partial charge in [-0.15, -0.1) is 0 Å². The summed E-state index contributed by atoms with van der Waals surface area (Å²) in [5.41, 5.74) is 5.16. The third-order valence-corrected chi connectivity index (χ3v) is 3.55. The minimum Gasteiger partial charge on any atom is -0.475 e. The van der Waals surface area contributed by atoms with Gasteiger partial charge in [0.2, 0.25) is 5.82 Å². The molecule has 4 heteroatoms. The number of benzene rings is 2. The Labute approximate surface area is 134 Å². The standard InChI is InChI=1S/C19H16N2O2/c1-12-5-3-7-14(9-12)16-11-17(21-18(20-16)19(22)23)15-8-4-6-13(2)10-15/h3-11H,1-2H3,(H,22,23). The molecule has 0 spiro atoms. The van der Waals surface area contributed by atoms with Crippen LogP contribution in [0.1, 0.15) is 21.7 Å². The molecule has 0 unspecified atom stereocenters. The Kier molecular flexibility index (Phi) is 3.89. The van der Waals surface area contributed by atoms with E-state index >= 15 is 0 Å². The van der Waals surface area contributed by atoms with Crippen LogP contribution in [0.25, 0.3) is 22.5 Å². The zero-order valence-corrected chi connectivity index (χ0v) is 12.9. The van der Waals surface area contributed by atoms with Gasteiger partial charge in [-0.05, 0) is 32.0 Å². The molecule has 1 heterocycles. The van der Waals surface area contributed by atoms with Crippen molar-refractivity contribution >= 4 is 5.97 Å². The van der Waals surface area contributed by atoms with E-state index in [2.05, 4.69) is 9.97 Å². The van der Waals surface area contributed by atoms with E-state index in [1.54, 1.807) is 0 Å². The predicted octanol–water partition coefficient (Wildman–Crippen LogP) is 4.13. The van der Waals surface area contributed by atoms with E-state index in [1.165, 1.54) is 0 Å². The molecule has 114 valence electrons. The monoisotopic (exact) mass is 304 g/mol. The number of carboxylic acids is 1. The Hall–Kier alpha value is -3.01. The van der Waals surface area contributed by atoms with Gasteiger partial charge in [0.25, 0.3) is 0 Å². The maximum absolute atomic E-state index is 11.4. The van der Waals surface area contributed by atoms with Crippen molar-refractivity contribution in [2.75, 3.05) is 0 Å². The van der Waals surface area contributed by atoms with Crippen LogP contribution in [0, 0.1) is 13.8 Å². The van der Waals surface area contributed by atoms with Crippen molar-refractivity contribution in [1.29, 1.82) is 0 Å². The quantitative estimate of drug-likeness (QED) is 0.790. The summed E-state index contributed by atoms with van der Waals surface area (Å²) in [5.74, 6) is -1.33. The van der Waals surface area contributed by atoms with Crippen LogP contribution in [0.3, 0.4) is 0 Å². The van der Waals surface area contributed by atoms with Crippen LogP contribution in [0.15, 0.2) is 54.6 Å². The maximum atomic E-state index is 11.4. The Morgan fingerprint density at radius 2 is 1.30 bits per heavy atom. The van der Waals surface area contributed by atoms with E-state index < -0.39 is 5.97 Å². The molecule has 0 aliphatic rings. The third-order valence-electron chi connectivity index (χ3n) is 3.55. The van der Waals surface area contributed by atoms with Crippen LogP contribution in [0.2, 0.25) is 0 Å². The van der Waals surface area contributed by atoms with Crippen molar-refractivity contribution in [2.45, 2.75) is 13.8 Å². The highest BCUT2D eigenvalue weighted by atomic mass is 16.4. The highest BCUT2D eigenvalue weighted by molar-refractivity contribution is 5.85. The lowest BCUT2D eigenvalue weighted by atomic mass is 10.0. The Balaban J connectivity index is 2.19. The fourth-order valence-electron chi connectivity index (χ4n) is 2.45. The molecule has 23 heavy (non-hydrogen) atoms. The number of aryl methyl sites for hydroxylation is 2. The van der Waals surface area contributed by atoms with Crippen molar-refractivity contribution < 1.29 is 9.90 Å². The lowest BCUT2D eigenvalue weighted by Gasteiger charge is -2.08. The molecule has 4 nitrogen and oxygen atoms in total. The molecule has 0 atom stereocenters. The zero-order chi connectivity index (χ0) is 16.4. The average Bonchev–Trinajstić information content (AvgIpc) is 2.54. The molecule has 0 fully saturated rings. The first-order chi connectivity index (χ1) is 11.0. The molecular formula is C19H16N2O2. The van der Waals surface area contributed by atoms with E-state index in [1.807, 2.05) is 68.4 Å². The molecule has 1 aromatic heterocycles. The summed E-state index contributed by atoms with van der Waals surface area (Å²) in [5, 5.41) is 9.31. The SMILES string of the molecule is Cc1cccc(-c2cc(-c3cccc(C)c3)nc(C(=O)O)n2)c1. The highest BCUT2D eigenvalue weighted by Gasteiger charge is 2.13. The predicted molar refractivity (Wildman–Crippen MR) is 89.3 cm³/mol. The zero-order valence-electron chi connectivity index (χ0n) is 12.9. The molecular weight excluding hydrogens is 288 g/mol. The first-order valence-electron chi connectivity index (χ1n) is 7.29. The molecule has 3 aromatic rings. The van der Waals surface area contributed by atoms with Gasteiger partial charge in [0, 0.05) is 11.1 Å². The van der Waals surface area contributed by atoms with Gasteiger partial charge in [0.05, 0.1) is 11.4 Å². The number of carboxylic acid groups (broad SMARTS) is 1. The summed E-state index contributed by atoms with van der Waals surface area (Å²) in [6, 6.07) is 17.5. The van der Waals surface area contributed by atoms with Gasteiger partial charge in [-0.25, -0.2) is 14.8 Å². The Morgan fingerprint density at radius 1 is 0.826 bits per heavy atom. The fraction of sp³-hybridized carbons (Fsp3) is 0.105. The number of aromatic carboxylic acids is 1. The van der Waals surface area contributed by atoms with Crippen LogP contribution in [-0.2, 0) is 0 Å². The van der Waals surface area contributed by atoms with Crippen molar-refractivity contribution in [1.82, 2.24) is 9.97 Å². The highest BCUT2D eigenvalue weighted by Crippen LogP contribution is 2.25. The number of nitrogens with zero attached hydrogens (tertiary/aromatic N) is 2. The van der Waals surface area contributed by atoms with Crippen LogP contribution in [0.4, 0.5) is 0 Å². The van der Waals surface area contributed by atoms with E-state index in [9.17, 15) is 9.90 Å². The van der Waals surface area contributed by atoms with Crippen LogP contribution in [0.5, 0.6) is 0 Å². The van der Waals surface area contributed by atoms with E-state index in [4.69, 9.17) is 0 Å². The van der Waals surface area contributed by atoms with Gasteiger partial charge in [-0.3, -0.25) is 0 Å². The van der Waals surface area contributed by atoms with Crippen molar-refractivity contribution in [3.63, 3.8) is 0 Å². The molecule has 0 bridgehead atoms. The first kappa shape index (κ1) is 14.9. The number of hydrogen-bond donors (Lipinski definition) is 1. The molecule has 0 amide bonds. The first-order valence-corrected chi connectivity index (χ1v) is 7.29. The summed E-state index contributed by atoms with van der Waals surface area (Å²) in [6.07, 6.45) is 0. The number of aromatic nitrogens is 2. The van der Waals surface area contributed by atoms with Crippen molar-refractivity contribution in [3.8, 4) is 22.5 Å². The normalized spacial score (nSPS) is 10.5. The maximum Gasteiger partial charge on any atom is 0.373 e. The van der Waals surface area contributed by atoms with Gasteiger partial charge in [-0.2, -0.15) is 0 Å². The molecule has 0 radical (unpaired) electrons. The molecule has 3 rings (SSSR count). The average molecular weight is 304 g/mol. The lowest BCUT2D eigenvalue weighted by molar-refractivity contribution is 0.0683. The van der Waals surface area contributed by atoms with Crippen molar-refractivity contribution in [3.05, 3.63) is 71.5 Å². The topological polar surface area (TPSA) is 63.1 Å². The number of carbonyl (C=O) groups is 1. The van der Waals surface area contributed by atoms with Crippen molar-refractivity contribution in [2.24, 2.45) is 0 Å². The fourth-order valence-corrected chi connectivity index (χ4v) is 2.45. The summed E-state index contributed by atoms with van der Waals surface area (Å²) in [6.45, 7) is 3.98. The molecule has 0 aliphatic carbocycles. The smallest absolute Gasteiger partial charge is 0.373 e. The second-order valence-corrected chi connectivity index (χ2v) is 5.51. The second-order valence-electron chi connectivity index (χ2n) is 5.51. The number of hydrogen-bond acceptors (Lipinski definition) is 3. The van der Waals surface area contributed by atoms with Gasteiger partial charge < -0.3 is 5.11 Å². The minimum absolute atomic E-state index is 0.194. The second kappa shape index (κ2) is 6.01. The van der Waals surface area contributed by atoms with E-state index in [0.29, 0.717) is 11.4 Å². The van der Waals surface area contributed by atoms with Crippen LogP contribution < -0.4 is 0 Å². The summed E-state index contributed by atoms with van der Waals surface area (Å²) < 4.78 is 0. The summed E-state index contributed by atoms with van der Waals surface area (Å²) in [4.78, 5) is 19.7. The largest absolute Gasteiger partial charge is 0.475 e. The summed E-state index contributed by atoms with van der Waals surface area (Å²) >= 11 is 0. The molecule has 0 aliphatic heterocycles. The van der Waals surface area contributed by atoms with Gasteiger partial charge in [-0.1, -0.05) is 47.5 Å². The minimum atomic E-state index is -1.13. The van der Waals surface area contributed by atoms with Gasteiger partial charge in [0.1, 0.15) is 0 Å². The van der Waals surface area contributed by atoms with Crippen LogP contribution in [-0.4, -0.2) is 21.0 Å². The lowest BCUT2D eigenvalue weighted by Crippen LogP contribution is -2.06. The third kappa shape index (κ3) is 3.26. The molecule has 2 aromatic carbocycles. The van der Waals surface area contributed by atoms with E-state index in [-0.39, 0.29) is 5.82 Å². The molecule has 0 saturated carbocycles. The summed E-state index contributed by atoms with van der Waals surface area (Å²) in [7, 11) is 0. The molecule has 0 saturated heterocycles.